The number of nitrogens with one attached hydrogen (secondary N) is 1. The number of hydrogen-bond donors (Lipinski definition) is 1. The average Bonchev–Trinajstić information content (AvgIpc) is 3.14. The normalized spacial score (nSPS) is 12.5. The molecule has 8 nitrogen and oxygen atoms in total. The number of nitrogens with zero attached hydrogens (tertiary/aromatic N) is 2. The van der Waals surface area contributed by atoms with Gasteiger partial charge in [0.1, 0.15) is 24.2 Å². The van der Waals surface area contributed by atoms with Crippen LogP contribution in [-0.4, -0.2) is 48.0 Å². The number of esters is 1. The van der Waals surface area contributed by atoms with E-state index >= 15 is 0 Å². The molecule has 4 rings (SSSR count). The number of carbonyl (C=O) groups excluding carboxylic acids is 2. The van der Waals surface area contributed by atoms with E-state index in [2.05, 4.69) is 10.4 Å². The summed E-state index contributed by atoms with van der Waals surface area (Å²) in [7, 11) is 0. The highest BCUT2D eigenvalue weighted by Crippen LogP contribution is 2.30. The molecule has 0 radical (unpaired) electrons. The quantitative estimate of drug-likeness (QED) is 0.376. The monoisotopic (exact) mass is 499 g/mol. The summed E-state index contributed by atoms with van der Waals surface area (Å²) in [5.41, 5.74) is 2.65. The second kappa shape index (κ2) is 11.1. The maximum Gasteiger partial charge on any atom is 0.331 e. The first kappa shape index (κ1) is 24.3. The van der Waals surface area contributed by atoms with E-state index in [1.807, 2.05) is 18.2 Å². The highest BCUT2D eigenvalue weighted by Gasteiger charge is 2.14. The summed E-state index contributed by atoms with van der Waals surface area (Å²) in [6, 6.07) is 11.3. The van der Waals surface area contributed by atoms with Crippen LogP contribution < -0.4 is 14.8 Å². The van der Waals surface area contributed by atoms with Gasteiger partial charge in [-0.1, -0.05) is 17.7 Å². The summed E-state index contributed by atoms with van der Waals surface area (Å²) in [6.07, 6.45) is 3.23. The fourth-order valence-corrected chi connectivity index (χ4v) is 3.77. The number of carbonyl (C=O) groups is 2. The molecule has 0 saturated heterocycles. The predicted octanol–water partition coefficient (Wildman–Crippen LogP) is 3.66. The summed E-state index contributed by atoms with van der Waals surface area (Å²) < 4.78 is 30.6. The van der Waals surface area contributed by atoms with Crippen molar-refractivity contribution in [3.05, 3.63) is 76.3 Å². The van der Waals surface area contributed by atoms with Crippen molar-refractivity contribution in [1.29, 1.82) is 0 Å². The van der Waals surface area contributed by atoms with Crippen molar-refractivity contribution >= 4 is 29.6 Å². The van der Waals surface area contributed by atoms with Crippen LogP contribution in [0.25, 0.3) is 11.8 Å². The number of halogens is 2. The Morgan fingerprint density at radius 3 is 2.69 bits per heavy atom. The van der Waals surface area contributed by atoms with Crippen molar-refractivity contribution in [2.24, 2.45) is 0 Å². The van der Waals surface area contributed by atoms with Gasteiger partial charge in [0.15, 0.2) is 18.1 Å². The molecule has 35 heavy (non-hydrogen) atoms. The van der Waals surface area contributed by atoms with Crippen LogP contribution >= 0.6 is 11.6 Å². The highest BCUT2D eigenvalue weighted by atomic mass is 35.5. The molecular formula is C25H23ClFN3O5. The fourth-order valence-electron chi connectivity index (χ4n) is 3.43. The molecule has 1 aliphatic rings. The van der Waals surface area contributed by atoms with Gasteiger partial charge in [0.25, 0.3) is 5.91 Å². The third kappa shape index (κ3) is 6.19. The Kier molecular flexibility index (Phi) is 7.67. The topological polar surface area (TPSA) is 91.7 Å². The van der Waals surface area contributed by atoms with Gasteiger partial charge in [0.05, 0.1) is 11.4 Å². The molecule has 0 bridgehead atoms. The molecule has 0 aliphatic carbocycles. The second-order valence-corrected chi connectivity index (χ2v) is 8.06. The van der Waals surface area contributed by atoms with E-state index < -0.39 is 18.5 Å². The zero-order chi connectivity index (χ0) is 24.8. The molecule has 1 N–H and O–H groups in total. The van der Waals surface area contributed by atoms with E-state index in [9.17, 15) is 14.0 Å². The van der Waals surface area contributed by atoms with Gasteiger partial charge >= 0.3 is 5.97 Å². The largest absolute Gasteiger partial charge is 0.486 e. The van der Waals surface area contributed by atoms with Gasteiger partial charge in [-0.2, -0.15) is 5.10 Å². The zero-order valence-electron chi connectivity index (χ0n) is 18.9. The van der Waals surface area contributed by atoms with Gasteiger partial charge in [-0.25, -0.2) is 13.9 Å². The zero-order valence-corrected chi connectivity index (χ0v) is 19.7. The van der Waals surface area contributed by atoms with E-state index in [0.29, 0.717) is 54.6 Å². The van der Waals surface area contributed by atoms with Gasteiger partial charge in [-0.15, -0.1) is 0 Å². The maximum absolute atomic E-state index is 13.2. The third-order valence-corrected chi connectivity index (χ3v) is 5.56. The number of hydrogen-bond acceptors (Lipinski definition) is 6. The number of benzene rings is 2. The Bertz CT molecular complexity index is 1260. The van der Waals surface area contributed by atoms with Crippen LogP contribution in [0.3, 0.4) is 0 Å². The Balaban J connectivity index is 1.24. The van der Waals surface area contributed by atoms with Crippen LogP contribution in [0.5, 0.6) is 11.5 Å². The molecule has 10 heteroatoms. The number of amides is 1. The lowest BCUT2D eigenvalue weighted by Crippen LogP contribution is -2.30. The summed E-state index contributed by atoms with van der Waals surface area (Å²) in [5, 5.41) is 7.29. The lowest BCUT2D eigenvalue weighted by atomic mass is 10.1. The predicted molar refractivity (Wildman–Crippen MR) is 127 cm³/mol. The van der Waals surface area contributed by atoms with Crippen molar-refractivity contribution < 1.29 is 28.2 Å². The summed E-state index contributed by atoms with van der Waals surface area (Å²) in [4.78, 5) is 24.1. The molecular weight excluding hydrogens is 477 g/mol. The average molecular weight is 500 g/mol. The van der Waals surface area contributed by atoms with Crippen LogP contribution in [0.4, 0.5) is 4.39 Å². The van der Waals surface area contributed by atoms with Crippen molar-refractivity contribution in [3.8, 4) is 17.2 Å². The lowest BCUT2D eigenvalue weighted by molar-refractivity contribution is -0.143. The van der Waals surface area contributed by atoms with E-state index in [1.165, 1.54) is 29.0 Å². The van der Waals surface area contributed by atoms with Crippen molar-refractivity contribution in [3.63, 3.8) is 0 Å². The Hall–Kier alpha value is -3.85. The van der Waals surface area contributed by atoms with Crippen LogP contribution in [0.15, 0.2) is 48.5 Å². The molecule has 2 aromatic carbocycles. The van der Waals surface area contributed by atoms with E-state index in [-0.39, 0.29) is 11.0 Å². The first-order valence-corrected chi connectivity index (χ1v) is 11.3. The number of rotatable bonds is 8. The standard InChI is InChI=1S/C25H23ClFN3O5/c1-16-20(25(26)30(29-16)19-5-3-18(27)4-6-19)7-9-24(32)35-15-23(31)28-11-10-17-2-8-21-22(14-17)34-13-12-33-21/h2-9,14H,10-13,15H2,1H3,(H,28,31). The van der Waals surface area contributed by atoms with Gasteiger partial charge in [-0.05, 0) is 61.4 Å². The molecule has 0 saturated carbocycles. The number of aromatic nitrogens is 2. The Labute approximate surface area is 206 Å². The summed E-state index contributed by atoms with van der Waals surface area (Å²) in [6.45, 7) is 2.74. The molecule has 0 fully saturated rings. The van der Waals surface area contributed by atoms with E-state index in [1.54, 1.807) is 19.1 Å². The van der Waals surface area contributed by atoms with Gasteiger partial charge in [0.2, 0.25) is 0 Å². The van der Waals surface area contributed by atoms with Gasteiger partial charge in [0, 0.05) is 18.2 Å². The van der Waals surface area contributed by atoms with Gasteiger partial charge < -0.3 is 19.5 Å². The number of fused-ring (bicyclic) bond motifs is 1. The maximum atomic E-state index is 13.2. The molecule has 2 heterocycles. The van der Waals surface area contributed by atoms with E-state index in [0.717, 1.165) is 5.56 Å². The molecule has 3 aromatic rings. The third-order valence-electron chi connectivity index (χ3n) is 5.19. The van der Waals surface area contributed by atoms with Crippen LogP contribution in [0.1, 0.15) is 16.8 Å². The molecule has 1 aromatic heterocycles. The molecule has 1 aliphatic heterocycles. The number of ether oxygens (including phenoxy) is 3. The second-order valence-electron chi connectivity index (χ2n) is 7.70. The molecule has 0 spiro atoms. The molecule has 0 unspecified atom stereocenters. The Morgan fingerprint density at radius 2 is 1.91 bits per heavy atom. The van der Waals surface area contributed by atoms with Crippen LogP contribution in [0.2, 0.25) is 5.15 Å². The summed E-state index contributed by atoms with van der Waals surface area (Å²) >= 11 is 6.39. The molecule has 1 amide bonds. The highest BCUT2D eigenvalue weighted by molar-refractivity contribution is 6.31. The first-order valence-electron chi connectivity index (χ1n) is 10.9. The van der Waals surface area contributed by atoms with Crippen LogP contribution in [-0.2, 0) is 20.7 Å². The lowest BCUT2D eigenvalue weighted by Gasteiger charge is -2.18. The summed E-state index contributed by atoms with van der Waals surface area (Å²) in [5.74, 6) is -0.0776. The molecule has 0 atom stereocenters. The minimum absolute atomic E-state index is 0.259. The van der Waals surface area contributed by atoms with Crippen LogP contribution in [0, 0.1) is 12.7 Å². The minimum atomic E-state index is -0.697. The Morgan fingerprint density at radius 1 is 1.17 bits per heavy atom. The van der Waals surface area contributed by atoms with Crippen molar-refractivity contribution in [2.75, 3.05) is 26.4 Å². The fraction of sp³-hybridized carbons (Fsp3) is 0.240. The van der Waals surface area contributed by atoms with E-state index in [4.69, 9.17) is 25.8 Å². The molecule has 182 valence electrons. The van der Waals surface area contributed by atoms with Crippen molar-refractivity contribution in [1.82, 2.24) is 15.1 Å². The minimum Gasteiger partial charge on any atom is -0.486 e. The SMILES string of the molecule is Cc1nn(-c2ccc(F)cc2)c(Cl)c1C=CC(=O)OCC(=O)NCCc1ccc2c(c1)OCCO2. The van der Waals surface area contributed by atoms with Gasteiger partial charge in [-0.3, -0.25) is 4.79 Å². The first-order chi connectivity index (χ1) is 16.9. The number of aryl methyl sites for hydroxylation is 1. The van der Waals surface area contributed by atoms with Crippen molar-refractivity contribution in [2.45, 2.75) is 13.3 Å². The smallest absolute Gasteiger partial charge is 0.331 e.